The van der Waals surface area contributed by atoms with Crippen LogP contribution in [-0.2, 0) is 0 Å². The number of halogens is 1. The number of carboxylic acid groups (broad SMARTS) is 1. The third-order valence-corrected chi connectivity index (χ3v) is 2.37. The van der Waals surface area contributed by atoms with E-state index in [1.807, 2.05) is 0 Å². The van der Waals surface area contributed by atoms with Crippen LogP contribution in [0.3, 0.4) is 0 Å². The number of pyridine rings is 1. The minimum atomic E-state index is -1.38. The van der Waals surface area contributed by atoms with Crippen LogP contribution in [0.25, 0.3) is 0 Å². The monoisotopic (exact) mass is 263 g/mol. The number of rotatable bonds is 4. The lowest BCUT2D eigenvalue weighted by Crippen LogP contribution is -2.03. The quantitative estimate of drug-likeness (QED) is 0.918. The molecule has 0 amide bonds. The molecule has 0 aliphatic carbocycles. The molecule has 1 N–H and O–H groups in total. The Kier molecular flexibility index (Phi) is 3.61. The lowest BCUT2D eigenvalue weighted by atomic mass is 10.2. The molecule has 0 saturated heterocycles. The summed E-state index contributed by atoms with van der Waals surface area (Å²) >= 11 is 0. The average molecular weight is 263 g/mol. The van der Waals surface area contributed by atoms with Crippen LogP contribution in [0.15, 0.2) is 36.7 Å². The van der Waals surface area contributed by atoms with E-state index in [1.165, 1.54) is 25.6 Å². The summed E-state index contributed by atoms with van der Waals surface area (Å²) in [5.74, 6) is -2.27. The van der Waals surface area contributed by atoms with E-state index < -0.39 is 17.3 Å². The third-order valence-electron chi connectivity index (χ3n) is 2.37. The van der Waals surface area contributed by atoms with Crippen molar-refractivity contribution >= 4 is 5.97 Å². The van der Waals surface area contributed by atoms with Crippen LogP contribution in [-0.4, -0.2) is 23.2 Å². The van der Waals surface area contributed by atoms with E-state index in [1.54, 1.807) is 12.1 Å². The molecule has 1 heterocycles. The Bertz CT molecular complexity index is 601. The van der Waals surface area contributed by atoms with E-state index in [4.69, 9.17) is 14.6 Å². The van der Waals surface area contributed by atoms with Crippen molar-refractivity contribution in [3.63, 3.8) is 0 Å². The van der Waals surface area contributed by atoms with E-state index in [-0.39, 0.29) is 17.2 Å². The zero-order chi connectivity index (χ0) is 13.8. The van der Waals surface area contributed by atoms with E-state index in [9.17, 15) is 9.18 Å². The average Bonchev–Trinajstić information content (AvgIpc) is 2.41. The largest absolute Gasteiger partial charge is 0.493 e. The van der Waals surface area contributed by atoms with Crippen LogP contribution in [0.2, 0.25) is 0 Å². The maximum Gasteiger partial charge on any atom is 0.338 e. The van der Waals surface area contributed by atoms with Crippen molar-refractivity contribution in [3.05, 3.63) is 48.0 Å². The Hall–Kier alpha value is -2.63. The molecule has 5 nitrogen and oxygen atoms in total. The van der Waals surface area contributed by atoms with Gasteiger partial charge < -0.3 is 14.6 Å². The number of carbonyl (C=O) groups is 1. The molecule has 0 fully saturated rings. The smallest absolute Gasteiger partial charge is 0.338 e. The van der Waals surface area contributed by atoms with Gasteiger partial charge in [-0.25, -0.2) is 9.18 Å². The van der Waals surface area contributed by atoms with Crippen molar-refractivity contribution in [2.45, 2.75) is 0 Å². The highest BCUT2D eigenvalue weighted by Gasteiger charge is 2.20. The van der Waals surface area contributed by atoms with E-state index >= 15 is 0 Å². The van der Waals surface area contributed by atoms with E-state index in [0.29, 0.717) is 0 Å². The van der Waals surface area contributed by atoms with Crippen molar-refractivity contribution in [2.24, 2.45) is 0 Å². The molecule has 0 radical (unpaired) electrons. The predicted octanol–water partition coefficient (Wildman–Crippen LogP) is 2.72. The molecule has 19 heavy (non-hydrogen) atoms. The number of carboxylic acids is 1. The van der Waals surface area contributed by atoms with Crippen LogP contribution in [0.1, 0.15) is 10.4 Å². The van der Waals surface area contributed by atoms with Crippen LogP contribution in [0.4, 0.5) is 4.39 Å². The number of nitrogens with zero attached hydrogens (tertiary/aromatic N) is 1. The summed E-state index contributed by atoms with van der Waals surface area (Å²) in [5.41, 5.74) is -0.486. The fourth-order valence-electron chi connectivity index (χ4n) is 1.48. The summed E-state index contributed by atoms with van der Waals surface area (Å²) in [7, 11) is 1.34. The molecule has 6 heteroatoms. The van der Waals surface area contributed by atoms with Crippen LogP contribution in [0.5, 0.6) is 17.2 Å². The number of benzene rings is 1. The molecule has 0 spiro atoms. The molecular weight excluding hydrogens is 253 g/mol. The lowest BCUT2D eigenvalue weighted by molar-refractivity contribution is 0.0691. The molecule has 0 atom stereocenters. The fourth-order valence-corrected chi connectivity index (χ4v) is 1.48. The number of hydrogen-bond donors (Lipinski definition) is 1. The van der Waals surface area contributed by atoms with Gasteiger partial charge in [-0.2, -0.15) is 0 Å². The second-order valence-electron chi connectivity index (χ2n) is 3.55. The van der Waals surface area contributed by atoms with Gasteiger partial charge in [0.1, 0.15) is 5.75 Å². The number of ether oxygens (including phenoxy) is 2. The predicted molar refractivity (Wildman–Crippen MR) is 64.2 cm³/mol. The van der Waals surface area contributed by atoms with Gasteiger partial charge in [0.05, 0.1) is 18.9 Å². The lowest BCUT2D eigenvalue weighted by Gasteiger charge is -2.12. The summed E-state index contributed by atoms with van der Waals surface area (Å²) in [4.78, 5) is 14.7. The minimum absolute atomic E-state index is 0.103. The Balaban J connectivity index is 2.48. The zero-order valence-corrected chi connectivity index (χ0v) is 9.96. The standard InChI is InChI=1S/C13H10FNO4/c1-18-10-5-4-9(13(16)17)11(14)12(10)19-8-3-2-6-15-7-8/h2-7H,1H3,(H,16,17). The summed E-state index contributed by atoms with van der Waals surface area (Å²) < 4.78 is 24.3. The molecular formula is C13H10FNO4. The second-order valence-corrected chi connectivity index (χ2v) is 3.55. The van der Waals surface area contributed by atoms with Crippen molar-refractivity contribution in [1.29, 1.82) is 0 Å². The maximum atomic E-state index is 14.1. The fraction of sp³-hybridized carbons (Fsp3) is 0.0769. The number of hydrogen-bond acceptors (Lipinski definition) is 4. The first kappa shape index (κ1) is 12.8. The van der Waals surface area contributed by atoms with E-state index in [0.717, 1.165) is 6.07 Å². The Morgan fingerprint density at radius 2 is 2.16 bits per heavy atom. The second kappa shape index (κ2) is 5.34. The van der Waals surface area contributed by atoms with Crippen LogP contribution in [0, 0.1) is 5.82 Å². The minimum Gasteiger partial charge on any atom is -0.493 e. The first-order valence-corrected chi connectivity index (χ1v) is 5.31. The number of aromatic carboxylic acids is 1. The van der Waals surface area contributed by atoms with Crippen LogP contribution < -0.4 is 9.47 Å². The SMILES string of the molecule is COc1ccc(C(=O)O)c(F)c1Oc1cccnc1. The van der Waals surface area contributed by atoms with Crippen molar-refractivity contribution < 1.29 is 23.8 Å². The van der Waals surface area contributed by atoms with Gasteiger partial charge in [-0.3, -0.25) is 4.98 Å². The van der Waals surface area contributed by atoms with Crippen molar-refractivity contribution in [2.75, 3.05) is 7.11 Å². The van der Waals surface area contributed by atoms with Crippen LogP contribution >= 0.6 is 0 Å². The molecule has 1 aromatic heterocycles. The zero-order valence-electron chi connectivity index (χ0n) is 9.96. The summed E-state index contributed by atoms with van der Waals surface area (Å²) in [5, 5.41) is 8.87. The van der Waals surface area contributed by atoms with Gasteiger partial charge in [0.15, 0.2) is 11.6 Å². The highest BCUT2D eigenvalue weighted by Crippen LogP contribution is 2.35. The van der Waals surface area contributed by atoms with Gasteiger partial charge in [-0.05, 0) is 24.3 Å². The summed E-state index contributed by atoms with van der Waals surface area (Å²) in [6.45, 7) is 0. The Morgan fingerprint density at radius 1 is 1.37 bits per heavy atom. The third kappa shape index (κ3) is 2.62. The highest BCUT2D eigenvalue weighted by molar-refractivity contribution is 5.89. The molecule has 0 aliphatic heterocycles. The number of methoxy groups -OCH3 is 1. The van der Waals surface area contributed by atoms with Gasteiger partial charge >= 0.3 is 5.97 Å². The Labute approximate surface area is 108 Å². The van der Waals surface area contributed by atoms with Gasteiger partial charge in [0, 0.05) is 6.20 Å². The summed E-state index contributed by atoms with van der Waals surface area (Å²) in [6.07, 6.45) is 2.92. The van der Waals surface area contributed by atoms with Gasteiger partial charge in [0.25, 0.3) is 0 Å². The summed E-state index contributed by atoms with van der Waals surface area (Å²) in [6, 6.07) is 5.63. The first-order chi connectivity index (χ1) is 9.13. The Morgan fingerprint density at radius 3 is 2.74 bits per heavy atom. The molecule has 2 rings (SSSR count). The topological polar surface area (TPSA) is 68.7 Å². The number of aromatic nitrogens is 1. The highest BCUT2D eigenvalue weighted by atomic mass is 19.1. The molecule has 1 aromatic carbocycles. The van der Waals surface area contributed by atoms with Crippen molar-refractivity contribution in [1.82, 2.24) is 4.98 Å². The molecule has 0 aliphatic rings. The van der Waals surface area contributed by atoms with Gasteiger partial charge in [0.2, 0.25) is 5.75 Å². The molecule has 2 aromatic rings. The van der Waals surface area contributed by atoms with Gasteiger partial charge in [-0.15, -0.1) is 0 Å². The molecule has 0 unspecified atom stereocenters. The van der Waals surface area contributed by atoms with E-state index in [2.05, 4.69) is 4.98 Å². The molecule has 98 valence electrons. The van der Waals surface area contributed by atoms with Crippen molar-refractivity contribution in [3.8, 4) is 17.2 Å². The molecule has 0 bridgehead atoms. The first-order valence-electron chi connectivity index (χ1n) is 5.31. The van der Waals surface area contributed by atoms with Gasteiger partial charge in [-0.1, -0.05) is 0 Å². The molecule has 0 saturated carbocycles. The maximum absolute atomic E-state index is 14.1. The normalized spacial score (nSPS) is 10.0.